The van der Waals surface area contributed by atoms with Crippen LogP contribution in [-0.2, 0) is 21.4 Å². The molecule has 0 heterocycles. The third kappa shape index (κ3) is 4.83. The molecule has 0 bridgehead atoms. The Morgan fingerprint density at radius 3 is 2.16 bits per heavy atom. The van der Waals surface area contributed by atoms with Crippen molar-refractivity contribution in [1.29, 1.82) is 0 Å². The Bertz CT molecular complexity index is 733. The van der Waals surface area contributed by atoms with E-state index in [1.165, 1.54) is 0 Å². The minimum absolute atomic E-state index is 0.130. The molecule has 25 heavy (non-hydrogen) atoms. The lowest BCUT2D eigenvalue weighted by molar-refractivity contribution is -0.142. The van der Waals surface area contributed by atoms with Gasteiger partial charge in [0.1, 0.15) is 5.75 Å². The fourth-order valence-corrected chi connectivity index (χ4v) is 2.35. The fourth-order valence-electron chi connectivity index (χ4n) is 2.35. The molecule has 0 radical (unpaired) electrons. The van der Waals surface area contributed by atoms with Crippen molar-refractivity contribution < 1.29 is 19.4 Å². The number of carbonyl (C=O) groups is 2. The number of benzene rings is 2. The van der Waals surface area contributed by atoms with Crippen LogP contribution in [0.5, 0.6) is 5.75 Å². The van der Waals surface area contributed by atoms with Crippen LogP contribution >= 0.6 is 0 Å². The van der Waals surface area contributed by atoms with Crippen LogP contribution in [0, 0.1) is 0 Å². The van der Waals surface area contributed by atoms with E-state index in [4.69, 9.17) is 4.74 Å². The number of hydrogen-bond acceptors (Lipinski definition) is 3. The predicted octanol–water partition coefficient (Wildman–Crippen LogP) is 3.63. The first-order valence-corrected chi connectivity index (χ1v) is 8.18. The zero-order valence-corrected chi connectivity index (χ0v) is 14.7. The summed E-state index contributed by atoms with van der Waals surface area (Å²) in [7, 11) is 0. The van der Waals surface area contributed by atoms with Crippen molar-refractivity contribution in [3.63, 3.8) is 0 Å². The van der Waals surface area contributed by atoms with Gasteiger partial charge in [-0.2, -0.15) is 0 Å². The van der Waals surface area contributed by atoms with Gasteiger partial charge in [-0.1, -0.05) is 24.3 Å². The molecular weight excluding hydrogens is 318 g/mol. The molecule has 0 saturated carbocycles. The molecule has 1 amide bonds. The van der Waals surface area contributed by atoms with Crippen molar-refractivity contribution in [2.45, 2.75) is 32.6 Å². The standard InChI is InChI=1S/C20H23NO4/c1-4-25-17-11-5-14(6-12-17)13-18(22)21-16-9-7-15(8-10-16)20(2,3)19(23)24/h5-12H,4,13H2,1-3H3,(H,21,22)(H,23,24). The van der Waals surface area contributed by atoms with Gasteiger partial charge in [-0.05, 0) is 56.2 Å². The van der Waals surface area contributed by atoms with Crippen molar-refractivity contribution >= 4 is 17.6 Å². The first-order valence-electron chi connectivity index (χ1n) is 8.18. The maximum atomic E-state index is 12.1. The van der Waals surface area contributed by atoms with E-state index in [0.717, 1.165) is 11.3 Å². The van der Waals surface area contributed by atoms with E-state index >= 15 is 0 Å². The van der Waals surface area contributed by atoms with Crippen LogP contribution in [0.1, 0.15) is 31.9 Å². The van der Waals surface area contributed by atoms with Crippen molar-refractivity contribution in [3.8, 4) is 5.75 Å². The third-order valence-corrected chi connectivity index (χ3v) is 4.02. The molecule has 5 heteroatoms. The second-order valence-electron chi connectivity index (χ2n) is 6.31. The summed E-state index contributed by atoms with van der Waals surface area (Å²) in [4.78, 5) is 23.4. The number of nitrogens with one attached hydrogen (secondary N) is 1. The Balaban J connectivity index is 1.97. The highest BCUT2D eigenvalue weighted by atomic mass is 16.5. The number of carbonyl (C=O) groups excluding carboxylic acids is 1. The summed E-state index contributed by atoms with van der Waals surface area (Å²) in [5, 5.41) is 12.1. The highest BCUT2D eigenvalue weighted by Crippen LogP contribution is 2.25. The van der Waals surface area contributed by atoms with Crippen molar-refractivity contribution in [2.24, 2.45) is 0 Å². The first kappa shape index (κ1) is 18.5. The summed E-state index contributed by atoms with van der Waals surface area (Å²) in [5.74, 6) is -0.238. The molecule has 2 aromatic rings. The van der Waals surface area contributed by atoms with Crippen LogP contribution in [0.25, 0.3) is 0 Å². The SMILES string of the molecule is CCOc1ccc(CC(=O)Nc2ccc(C(C)(C)C(=O)O)cc2)cc1. The van der Waals surface area contributed by atoms with E-state index in [1.54, 1.807) is 38.1 Å². The number of rotatable bonds is 7. The lowest BCUT2D eigenvalue weighted by Crippen LogP contribution is -2.28. The number of amides is 1. The first-order chi connectivity index (χ1) is 11.8. The molecule has 0 atom stereocenters. The quantitative estimate of drug-likeness (QED) is 0.806. The van der Waals surface area contributed by atoms with Crippen LogP contribution in [0.2, 0.25) is 0 Å². The number of carboxylic acid groups (broad SMARTS) is 1. The summed E-state index contributed by atoms with van der Waals surface area (Å²) in [5.41, 5.74) is 1.25. The topological polar surface area (TPSA) is 75.6 Å². The average Bonchev–Trinajstić information content (AvgIpc) is 2.57. The highest BCUT2D eigenvalue weighted by Gasteiger charge is 2.29. The highest BCUT2D eigenvalue weighted by molar-refractivity contribution is 5.92. The minimum Gasteiger partial charge on any atom is -0.494 e. The molecule has 0 aliphatic heterocycles. The van der Waals surface area contributed by atoms with Crippen LogP contribution in [0.15, 0.2) is 48.5 Å². The average molecular weight is 341 g/mol. The molecule has 5 nitrogen and oxygen atoms in total. The second kappa shape index (κ2) is 7.83. The molecule has 2 N–H and O–H groups in total. The lowest BCUT2D eigenvalue weighted by Gasteiger charge is -2.19. The molecule has 0 aromatic heterocycles. The van der Waals surface area contributed by atoms with Gasteiger partial charge < -0.3 is 15.2 Å². The third-order valence-electron chi connectivity index (χ3n) is 4.02. The van der Waals surface area contributed by atoms with E-state index in [1.807, 2.05) is 31.2 Å². The van der Waals surface area contributed by atoms with Crippen molar-refractivity contribution in [2.75, 3.05) is 11.9 Å². The maximum absolute atomic E-state index is 12.1. The summed E-state index contributed by atoms with van der Waals surface area (Å²) < 4.78 is 5.37. The van der Waals surface area contributed by atoms with E-state index in [-0.39, 0.29) is 12.3 Å². The lowest BCUT2D eigenvalue weighted by atomic mass is 9.85. The molecule has 0 unspecified atom stereocenters. The normalized spacial score (nSPS) is 11.0. The summed E-state index contributed by atoms with van der Waals surface area (Å²) in [6.07, 6.45) is 0.259. The number of hydrogen-bond donors (Lipinski definition) is 2. The summed E-state index contributed by atoms with van der Waals surface area (Å²) in [6, 6.07) is 14.3. The van der Waals surface area contributed by atoms with E-state index in [9.17, 15) is 14.7 Å². The van der Waals surface area contributed by atoms with Gasteiger partial charge in [-0.3, -0.25) is 9.59 Å². The maximum Gasteiger partial charge on any atom is 0.313 e. The Kier molecular flexibility index (Phi) is 5.80. The zero-order valence-electron chi connectivity index (χ0n) is 14.7. The molecule has 2 aromatic carbocycles. The predicted molar refractivity (Wildman–Crippen MR) is 97.0 cm³/mol. The Hall–Kier alpha value is -2.82. The molecule has 0 aliphatic rings. The monoisotopic (exact) mass is 341 g/mol. The number of ether oxygens (including phenoxy) is 1. The van der Waals surface area contributed by atoms with Crippen LogP contribution in [0.4, 0.5) is 5.69 Å². The number of aliphatic carboxylic acids is 1. The largest absolute Gasteiger partial charge is 0.494 e. The Morgan fingerprint density at radius 2 is 1.64 bits per heavy atom. The van der Waals surface area contributed by atoms with E-state index in [0.29, 0.717) is 17.9 Å². The molecule has 0 fully saturated rings. The van der Waals surface area contributed by atoms with Gasteiger partial charge >= 0.3 is 5.97 Å². The fraction of sp³-hybridized carbons (Fsp3) is 0.300. The Morgan fingerprint density at radius 1 is 1.04 bits per heavy atom. The molecule has 0 spiro atoms. The van der Waals surface area contributed by atoms with Gasteiger partial charge in [-0.15, -0.1) is 0 Å². The number of carboxylic acids is 1. The Labute approximate surface area is 147 Å². The molecule has 0 saturated heterocycles. The minimum atomic E-state index is -0.967. The van der Waals surface area contributed by atoms with Crippen molar-refractivity contribution in [3.05, 3.63) is 59.7 Å². The smallest absolute Gasteiger partial charge is 0.313 e. The van der Waals surface area contributed by atoms with Crippen LogP contribution in [-0.4, -0.2) is 23.6 Å². The van der Waals surface area contributed by atoms with E-state index < -0.39 is 11.4 Å². The van der Waals surface area contributed by atoms with Gasteiger partial charge in [0.15, 0.2) is 0 Å². The van der Waals surface area contributed by atoms with E-state index in [2.05, 4.69) is 5.32 Å². The number of anilines is 1. The molecule has 0 aliphatic carbocycles. The summed E-state index contributed by atoms with van der Waals surface area (Å²) in [6.45, 7) is 5.82. The van der Waals surface area contributed by atoms with Crippen molar-refractivity contribution in [1.82, 2.24) is 0 Å². The molecule has 2 rings (SSSR count). The molecule has 132 valence electrons. The summed E-state index contributed by atoms with van der Waals surface area (Å²) >= 11 is 0. The second-order valence-corrected chi connectivity index (χ2v) is 6.31. The van der Waals surface area contributed by atoms with Crippen LogP contribution in [0.3, 0.4) is 0 Å². The van der Waals surface area contributed by atoms with Gasteiger partial charge in [0, 0.05) is 5.69 Å². The van der Waals surface area contributed by atoms with Crippen LogP contribution < -0.4 is 10.1 Å². The van der Waals surface area contributed by atoms with Gasteiger partial charge in [0.05, 0.1) is 18.4 Å². The zero-order chi connectivity index (χ0) is 18.4. The van der Waals surface area contributed by atoms with Gasteiger partial charge in [0.25, 0.3) is 0 Å². The van der Waals surface area contributed by atoms with Gasteiger partial charge in [0.2, 0.25) is 5.91 Å². The van der Waals surface area contributed by atoms with Gasteiger partial charge in [-0.25, -0.2) is 0 Å². The molecular formula is C20H23NO4.